The molecule has 0 fully saturated rings. The van der Waals surface area contributed by atoms with Crippen molar-refractivity contribution in [2.45, 2.75) is 33.2 Å². The standard InChI is InChI=1S/C18H24N2/c1-14(2)18(15(3)4,16-10-6-5-7-11-16)20-17-12-8-9-13-19-17/h5-15H,1-4H3,(H,19,20). The summed E-state index contributed by atoms with van der Waals surface area (Å²) in [5, 5.41) is 3.70. The fourth-order valence-electron chi connectivity index (χ4n) is 3.06. The second-order valence-corrected chi connectivity index (χ2v) is 5.88. The molecule has 20 heavy (non-hydrogen) atoms. The van der Waals surface area contributed by atoms with E-state index in [1.165, 1.54) is 5.56 Å². The molecule has 0 bridgehead atoms. The smallest absolute Gasteiger partial charge is 0.126 e. The molecule has 2 aromatic rings. The predicted molar refractivity (Wildman–Crippen MR) is 85.7 cm³/mol. The second kappa shape index (κ2) is 6.08. The van der Waals surface area contributed by atoms with E-state index >= 15 is 0 Å². The summed E-state index contributed by atoms with van der Waals surface area (Å²) in [6, 6.07) is 16.7. The van der Waals surface area contributed by atoms with Crippen LogP contribution in [0.25, 0.3) is 0 Å². The van der Waals surface area contributed by atoms with E-state index in [1.54, 1.807) is 0 Å². The zero-order valence-corrected chi connectivity index (χ0v) is 12.8. The molecule has 0 aliphatic heterocycles. The summed E-state index contributed by atoms with van der Waals surface area (Å²) in [5.41, 5.74) is 1.20. The molecule has 106 valence electrons. The molecule has 0 atom stereocenters. The first-order chi connectivity index (χ1) is 9.57. The van der Waals surface area contributed by atoms with Gasteiger partial charge in [0, 0.05) is 6.20 Å². The third-order valence-corrected chi connectivity index (χ3v) is 4.07. The number of aromatic nitrogens is 1. The molecule has 2 nitrogen and oxygen atoms in total. The van der Waals surface area contributed by atoms with Gasteiger partial charge in [-0.15, -0.1) is 0 Å². The molecule has 0 unspecified atom stereocenters. The lowest BCUT2D eigenvalue weighted by molar-refractivity contribution is 0.256. The van der Waals surface area contributed by atoms with Crippen LogP contribution in [0.1, 0.15) is 33.3 Å². The van der Waals surface area contributed by atoms with Crippen LogP contribution in [0.4, 0.5) is 5.82 Å². The quantitative estimate of drug-likeness (QED) is 0.850. The van der Waals surface area contributed by atoms with Gasteiger partial charge in [0.25, 0.3) is 0 Å². The molecule has 0 aliphatic carbocycles. The van der Waals surface area contributed by atoms with Crippen molar-refractivity contribution in [1.29, 1.82) is 0 Å². The Morgan fingerprint density at radius 2 is 1.45 bits per heavy atom. The molecule has 2 rings (SSSR count). The van der Waals surface area contributed by atoms with E-state index in [2.05, 4.69) is 68.3 Å². The lowest BCUT2D eigenvalue weighted by atomic mass is 9.72. The number of rotatable bonds is 5. The largest absolute Gasteiger partial charge is 0.360 e. The molecule has 0 spiro atoms. The van der Waals surface area contributed by atoms with Crippen LogP contribution in [0.2, 0.25) is 0 Å². The van der Waals surface area contributed by atoms with Gasteiger partial charge in [-0.3, -0.25) is 0 Å². The van der Waals surface area contributed by atoms with Gasteiger partial charge in [0.2, 0.25) is 0 Å². The molecule has 0 aliphatic rings. The summed E-state index contributed by atoms with van der Waals surface area (Å²) in [6.45, 7) is 9.07. The molecule has 0 saturated heterocycles. The minimum Gasteiger partial charge on any atom is -0.360 e. The van der Waals surface area contributed by atoms with Crippen molar-refractivity contribution in [3.8, 4) is 0 Å². The Morgan fingerprint density at radius 3 is 1.95 bits per heavy atom. The highest BCUT2D eigenvalue weighted by Gasteiger charge is 2.39. The van der Waals surface area contributed by atoms with Crippen LogP contribution < -0.4 is 5.32 Å². The van der Waals surface area contributed by atoms with Gasteiger partial charge in [-0.2, -0.15) is 0 Å². The molecule has 2 heteroatoms. The second-order valence-electron chi connectivity index (χ2n) is 5.88. The Kier molecular flexibility index (Phi) is 4.43. The van der Waals surface area contributed by atoms with Gasteiger partial charge in [0.1, 0.15) is 5.82 Å². The summed E-state index contributed by atoms with van der Waals surface area (Å²) < 4.78 is 0. The summed E-state index contributed by atoms with van der Waals surface area (Å²) in [7, 11) is 0. The zero-order chi connectivity index (χ0) is 14.6. The first-order valence-electron chi connectivity index (χ1n) is 7.32. The lowest BCUT2D eigenvalue weighted by Gasteiger charge is -2.43. The van der Waals surface area contributed by atoms with Gasteiger partial charge in [0.05, 0.1) is 5.54 Å². The Labute approximate surface area is 122 Å². The van der Waals surface area contributed by atoms with Crippen molar-refractivity contribution in [1.82, 2.24) is 4.98 Å². The third-order valence-electron chi connectivity index (χ3n) is 4.07. The van der Waals surface area contributed by atoms with E-state index in [1.807, 2.05) is 24.4 Å². The van der Waals surface area contributed by atoms with Crippen LogP contribution in [0.15, 0.2) is 54.7 Å². The van der Waals surface area contributed by atoms with Gasteiger partial charge >= 0.3 is 0 Å². The Bertz CT molecular complexity index is 510. The first kappa shape index (κ1) is 14.6. The van der Waals surface area contributed by atoms with Gasteiger partial charge in [-0.25, -0.2) is 4.98 Å². The van der Waals surface area contributed by atoms with Crippen LogP contribution in [0.3, 0.4) is 0 Å². The molecule has 1 heterocycles. The number of anilines is 1. The van der Waals surface area contributed by atoms with Gasteiger partial charge in [-0.05, 0) is 29.5 Å². The minimum atomic E-state index is -0.115. The number of benzene rings is 1. The van der Waals surface area contributed by atoms with E-state index in [4.69, 9.17) is 0 Å². The third kappa shape index (κ3) is 2.69. The average molecular weight is 268 g/mol. The van der Waals surface area contributed by atoms with Gasteiger partial charge < -0.3 is 5.32 Å². The number of nitrogens with zero attached hydrogens (tertiary/aromatic N) is 1. The first-order valence-corrected chi connectivity index (χ1v) is 7.32. The van der Waals surface area contributed by atoms with Crippen molar-refractivity contribution in [2.75, 3.05) is 5.32 Å². The summed E-state index contributed by atoms with van der Waals surface area (Å²) >= 11 is 0. The van der Waals surface area contributed by atoms with Crippen molar-refractivity contribution >= 4 is 5.82 Å². The molecule has 1 N–H and O–H groups in total. The van der Waals surface area contributed by atoms with Crippen LogP contribution in [0, 0.1) is 11.8 Å². The van der Waals surface area contributed by atoms with Gasteiger partial charge in [-0.1, -0.05) is 64.1 Å². The van der Waals surface area contributed by atoms with Crippen LogP contribution >= 0.6 is 0 Å². The summed E-state index contributed by atoms with van der Waals surface area (Å²) in [5.74, 6) is 1.83. The highest BCUT2D eigenvalue weighted by molar-refractivity contribution is 5.43. The van der Waals surface area contributed by atoms with Crippen molar-refractivity contribution < 1.29 is 0 Å². The van der Waals surface area contributed by atoms with E-state index in [-0.39, 0.29) is 5.54 Å². The summed E-state index contributed by atoms with van der Waals surface area (Å²) in [4.78, 5) is 4.44. The van der Waals surface area contributed by atoms with E-state index in [9.17, 15) is 0 Å². The maximum atomic E-state index is 4.44. The number of nitrogens with one attached hydrogen (secondary N) is 1. The van der Waals surface area contributed by atoms with Crippen LogP contribution in [0.5, 0.6) is 0 Å². The Balaban J connectivity index is 2.49. The topological polar surface area (TPSA) is 24.9 Å². The van der Waals surface area contributed by atoms with Crippen molar-refractivity contribution in [2.24, 2.45) is 11.8 Å². The Hall–Kier alpha value is -1.83. The monoisotopic (exact) mass is 268 g/mol. The Morgan fingerprint density at radius 1 is 0.850 bits per heavy atom. The average Bonchev–Trinajstić information content (AvgIpc) is 2.46. The normalized spacial score (nSPS) is 11.9. The maximum Gasteiger partial charge on any atom is 0.126 e. The molecular weight excluding hydrogens is 244 g/mol. The SMILES string of the molecule is CC(C)C(Nc1ccccn1)(c1ccccc1)C(C)C. The van der Waals surface area contributed by atoms with E-state index in [0.717, 1.165) is 5.82 Å². The molecule has 1 aromatic carbocycles. The maximum absolute atomic E-state index is 4.44. The number of hydrogen-bond donors (Lipinski definition) is 1. The minimum absolute atomic E-state index is 0.115. The fraction of sp³-hybridized carbons (Fsp3) is 0.389. The van der Waals surface area contributed by atoms with Crippen molar-refractivity contribution in [3.63, 3.8) is 0 Å². The molecule has 1 aromatic heterocycles. The lowest BCUT2D eigenvalue weighted by Crippen LogP contribution is -2.45. The van der Waals surface area contributed by atoms with E-state index in [0.29, 0.717) is 11.8 Å². The highest BCUT2D eigenvalue weighted by atomic mass is 15.1. The van der Waals surface area contributed by atoms with E-state index < -0.39 is 0 Å². The predicted octanol–water partition coefficient (Wildman–Crippen LogP) is 4.70. The van der Waals surface area contributed by atoms with Crippen molar-refractivity contribution in [3.05, 3.63) is 60.3 Å². The van der Waals surface area contributed by atoms with Crippen LogP contribution in [-0.4, -0.2) is 4.98 Å². The van der Waals surface area contributed by atoms with Gasteiger partial charge in [0.15, 0.2) is 0 Å². The van der Waals surface area contributed by atoms with Crippen LogP contribution in [-0.2, 0) is 5.54 Å². The highest BCUT2D eigenvalue weighted by Crippen LogP contribution is 2.39. The number of pyridine rings is 1. The molecule has 0 amide bonds. The molecule has 0 saturated carbocycles. The summed E-state index contributed by atoms with van der Waals surface area (Å²) in [6.07, 6.45) is 1.83. The molecular formula is C18H24N2. The fourth-order valence-corrected chi connectivity index (χ4v) is 3.06. The number of hydrogen-bond acceptors (Lipinski definition) is 2. The zero-order valence-electron chi connectivity index (χ0n) is 12.8. The molecule has 0 radical (unpaired) electrons.